The Morgan fingerprint density at radius 2 is 2.21 bits per heavy atom. The van der Waals surface area contributed by atoms with E-state index in [-0.39, 0.29) is 24.0 Å². The van der Waals surface area contributed by atoms with Crippen LogP contribution in [0.3, 0.4) is 0 Å². The zero-order valence-corrected chi connectivity index (χ0v) is 13.8. The Morgan fingerprint density at radius 3 is 2.88 bits per heavy atom. The molecule has 6 heteroatoms. The molecule has 0 aromatic carbocycles. The summed E-state index contributed by atoms with van der Waals surface area (Å²) < 4.78 is 5.23. The monoisotopic (exact) mass is 327 g/mol. The number of carbonyl (C=O) groups excluding carboxylic acids is 1. The minimum atomic E-state index is -0.298. The van der Waals surface area contributed by atoms with Crippen LogP contribution in [0.4, 0.5) is 0 Å². The van der Waals surface area contributed by atoms with Crippen LogP contribution in [0.2, 0.25) is 0 Å². The summed E-state index contributed by atoms with van der Waals surface area (Å²) in [7, 11) is 1.58. The maximum atomic E-state index is 12.7. The molecule has 1 atom stereocenters. The molecule has 0 spiro atoms. The molecule has 0 aliphatic heterocycles. The van der Waals surface area contributed by atoms with E-state index in [4.69, 9.17) is 4.74 Å². The molecule has 0 bridgehead atoms. The molecule has 24 heavy (non-hydrogen) atoms. The maximum Gasteiger partial charge on any atom is 0.253 e. The lowest BCUT2D eigenvalue weighted by Crippen LogP contribution is -2.41. The van der Waals surface area contributed by atoms with Gasteiger partial charge in [-0.25, -0.2) is 0 Å². The average molecular weight is 327 g/mol. The molecule has 1 aliphatic rings. The fraction of sp³-hybridized carbons (Fsp3) is 0.389. The van der Waals surface area contributed by atoms with Gasteiger partial charge in [0, 0.05) is 18.1 Å². The van der Waals surface area contributed by atoms with Gasteiger partial charge in [-0.05, 0) is 49.4 Å². The van der Waals surface area contributed by atoms with Crippen molar-refractivity contribution in [2.45, 2.75) is 31.9 Å². The lowest BCUT2D eigenvalue weighted by atomic mass is 9.75. The predicted molar refractivity (Wildman–Crippen MR) is 88.7 cm³/mol. The summed E-state index contributed by atoms with van der Waals surface area (Å²) in [5.74, 6) is 0.647. The number of amides is 1. The first-order valence-electron chi connectivity index (χ1n) is 7.98. The topological polar surface area (TPSA) is 84.3 Å². The van der Waals surface area contributed by atoms with Crippen molar-refractivity contribution in [1.29, 1.82) is 0 Å². The van der Waals surface area contributed by atoms with Gasteiger partial charge in [-0.15, -0.1) is 0 Å². The van der Waals surface area contributed by atoms with Crippen LogP contribution in [0.5, 0.6) is 5.75 Å². The second-order valence-corrected chi connectivity index (χ2v) is 6.13. The van der Waals surface area contributed by atoms with Crippen molar-refractivity contribution in [2.75, 3.05) is 7.11 Å². The molecular formula is C18H21N3O3. The SMILES string of the molecule is COc1cncc(C(NC(=O)c2cccnc2C)C2CC(O)C2)c1. The molecule has 1 unspecified atom stereocenters. The molecule has 1 amide bonds. The smallest absolute Gasteiger partial charge is 0.253 e. The number of nitrogens with one attached hydrogen (secondary N) is 1. The molecule has 0 saturated heterocycles. The fourth-order valence-electron chi connectivity index (χ4n) is 3.04. The van der Waals surface area contributed by atoms with Gasteiger partial charge in [0.15, 0.2) is 0 Å². The van der Waals surface area contributed by atoms with Crippen LogP contribution >= 0.6 is 0 Å². The first kappa shape index (κ1) is 16.4. The number of hydrogen-bond donors (Lipinski definition) is 2. The highest BCUT2D eigenvalue weighted by atomic mass is 16.5. The zero-order chi connectivity index (χ0) is 17.1. The number of hydrogen-bond acceptors (Lipinski definition) is 5. The molecule has 1 fully saturated rings. The number of pyridine rings is 2. The van der Waals surface area contributed by atoms with Gasteiger partial charge in [0.25, 0.3) is 5.91 Å². The van der Waals surface area contributed by atoms with E-state index in [0.717, 1.165) is 5.56 Å². The van der Waals surface area contributed by atoms with Gasteiger partial charge in [0.1, 0.15) is 5.75 Å². The third-order valence-corrected chi connectivity index (χ3v) is 4.49. The van der Waals surface area contributed by atoms with Crippen molar-refractivity contribution in [3.05, 3.63) is 53.6 Å². The average Bonchev–Trinajstić information content (AvgIpc) is 2.57. The van der Waals surface area contributed by atoms with Gasteiger partial charge >= 0.3 is 0 Å². The minimum Gasteiger partial charge on any atom is -0.495 e. The van der Waals surface area contributed by atoms with Crippen LogP contribution in [-0.4, -0.2) is 34.2 Å². The first-order chi connectivity index (χ1) is 11.6. The van der Waals surface area contributed by atoms with Gasteiger partial charge in [0.05, 0.1) is 31.0 Å². The zero-order valence-electron chi connectivity index (χ0n) is 13.8. The van der Waals surface area contributed by atoms with E-state index >= 15 is 0 Å². The van der Waals surface area contributed by atoms with E-state index in [0.29, 0.717) is 29.8 Å². The van der Waals surface area contributed by atoms with Crippen LogP contribution < -0.4 is 10.1 Å². The van der Waals surface area contributed by atoms with Gasteiger partial charge in [-0.1, -0.05) is 0 Å². The van der Waals surface area contributed by atoms with Gasteiger partial charge < -0.3 is 15.2 Å². The van der Waals surface area contributed by atoms with E-state index in [1.165, 1.54) is 0 Å². The number of aliphatic hydroxyl groups is 1. The largest absolute Gasteiger partial charge is 0.495 e. The fourth-order valence-corrected chi connectivity index (χ4v) is 3.04. The van der Waals surface area contributed by atoms with E-state index < -0.39 is 0 Å². The van der Waals surface area contributed by atoms with Crippen LogP contribution in [0.25, 0.3) is 0 Å². The molecular weight excluding hydrogens is 306 g/mol. The Morgan fingerprint density at radius 1 is 1.42 bits per heavy atom. The molecule has 3 rings (SSSR count). The number of carbonyl (C=O) groups is 1. The molecule has 2 aromatic heterocycles. The Kier molecular flexibility index (Phi) is 4.76. The number of methoxy groups -OCH3 is 1. The van der Waals surface area contributed by atoms with Crippen molar-refractivity contribution >= 4 is 5.91 Å². The number of aliphatic hydroxyl groups excluding tert-OH is 1. The van der Waals surface area contributed by atoms with Crippen molar-refractivity contribution < 1.29 is 14.6 Å². The molecule has 126 valence electrons. The lowest BCUT2D eigenvalue weighted by molar-refractivity contribution is 0.0234. The van der Waals surface area contributed by atoms with E-state index in [2.05, 4.69) is 15.3 Å². The number of aromatic nitrogens is 2. The molecule has 2 heterocycles. The lowest BCUT2D eigenvalue weighted by Gasteiger charge is -2.38. The third-order valence-electron chi connectivity index (χ3n) is 4.49. The molecule has 2 N–H and O–H groups in total. The molecule has 1 aliphatic carbocycles. The van der Waals surface area contributed by atoms with Crippen LogP contribution in [0.1, 0.15) is 40.5 Å². The summed E-state index contributed by atoms with van der Waals surface area (Å²) in [6, 6.07) is 5.16. The summed E-state index contributed by atoms with van der Waals surface area (Å²) in [6.07, 6.45) is 6.05. The predicted octanol–water partition coefficient (Wildman–Crippen LogP) is 2.04. The Hall–Kier alpha value is -2.47. The highest BCUT2D eigenvalue weighted by molar-refractivity contribution is 5.95. The first-order valence-corrected chi connectivity index (χ1v) is 7.98. The highest BCUT2D eigenvalue weighted by Crippen LogP contribution is 2.38. The number of nitrogens with zero attached hydrogens (tertiary/aromatic N) is 2. The maximum absolute atomic E-state index is 12.7. The summed E-state index contributed by atoms with van der Waals surface area (Å²) in [4.78, 5) is 21.0. The Bertz CT molecular complexity index is 729. The minimum absolute atomic E-state index is 0.171. The van der Waals surface area contributed by atoms with E-state index in [1.54, 1.807) is 37.8 Å². The second-order valence-electron chi connectivity index (χ2n) is 6.13. The summed E-state index contributed by atoms with van der Waals surface area (Å²) in [5, 5.41) is 12.7. The van der Waals surface area contributed by atoms with Gasteiger partial charge in [-0.3, -0.25) is 14.8 Å². The molecule has 0 radical (unpaired) electrons. The Balaban J connectivity index is 1.85. The summed E-state index contributed by atoms with van der Waals surface area (Å²) in [6.45, 7) is 1.81. The number of aryl methyl sites for hydroxylation is 1. The van der Waals surface area contributed by atoms with Crippen LogP contribution in [0.15, 0.2) is 36.8 Å². The van der Waals surface area contributed by atoms with E-state index in [1.807, 2.05) is 13.0 Å². The van der Waals surface area contributed by atoms with Crippen molar-refractivity contribution in [2.24, 2.45) is 5.92 Å². The van der Waals surface area contributed by atoms with Crippen molar-refractivity contribution in [3.8, 4) is 5.75 Å². The van der Waals surface area contributed by atoms with E-state index in [9.17, 15) is 9.90 Å². The third kappa shape index (κ3) is 3.38. The van der Waals surface area contributed by atoms with Gasteiger partial charge in [-0.2, -0.15) is 0 Å². The standard InChI is InChI=1S/C18H21N3O3/c1-11-16(4-3-5-20-11)18(23)21-17(12-6-14(22)7-12)13-8-15(24-2)10-19-9-13/h3-5,8-10,12,14,17,22H,6-7H2,1-2H3,(H,21,23). The summed E-state index contributed by atoms with van der Waals surface area (Å²) in [5.41, 5.74) is 2.12. The highest BCUT2D eigenvalue weighted by Gasteiger charge is 2.36. The second kappa shape index (κ2) is 6.97. The molecule has 6 nitrogen and oxygen atoms in total. The van der Waals surface area contributed by atoms with Crippen LogP contribution in [0, 0.1) is 12.8 Å². The van der Waals surface area contributed by atoms with Crippen molar-refractivity contribution in [3.63, 3.8) is 0 Å². The Labute approximate surface area is 140 Å². The quantitative estimate of drug-likeness (QED) is 0.878. The summed E-state index contributed by atoms with van der Waals surface area (Å²) >= 11 is 0. The molecule has 1 saturated carbocycles. The number of ether oxygens (including phenoxy) is 1. The van der Waals surface area contributed by atoms with Gasteiger partial charge in [0.2, 0.25) is 0 Å². The van der Waals surface area contributed by atoms with Crippen molar-refractivity contribution in [1.82, 2.24) is 15.3 Å². The molecule has 2 aromatic rings. The number of rotatable bonds is 5. The normalized spacial score (nSPS) is 20.8. The van der Waals surface area contributed by atoms with Crippen LogP contribution in [-0.2, 0) is 0 Å².